The predicted molar refractivity (Wildman–Crippen MR) is 132 cm³/mol. The van der Waals surface area contributed by atoms with E-state index in [1.165, 1.54) is 22.5 Å². The van der Waals surface area contributed by atoms with Gasteiger partial charge in [0.25, 0.3) is 0 Å². The number of carbonyl (C=O) groups excluding carboxylic acids is 1. The van der Waals surface area contributed by atoms with Crippen LogP contribution in [-0.4, -0.2) is 36.7 Å². The lowest BCUT2D eigenvalue weighted by Crippen LogP contribution is -2.41. The molecule has 1 amide bonds. The highest BCUT2D eigenvalue weighted by Crippen LogP contribution is 2.35. The topological polar surface area (TPSA) is 79.4 Å². The number of anilines is 1. The van der Waals surface area contributed by atoms with Gasteiger partial charge in [-0.3, -0.25) is 4.79 Å². The summed E-state index contributed by atoms with van der Waals surface area (Å²) in [4.78, 5) is 17.4. The summed E-state index contributed by atoms with van der Waals surface area (Å²) >= 11 is 1.56. The summed E-state index contributed by atoms with van der Waals surface area (Å²) in [6.45, 7) is 0.322. The van der Waals surface area contributed by atoms with E-state index in [0.717, 1.165) is 26.9 Å². The second-order valence-corrected chi connectivity index (χ2v) is 11.1. The largest absolute Gasteiger partial charge is 0.325 e. The fourth-order valence-corrected chi connectivity index (χ4v) is 6.69. The maximum Gasteiger partial charge on any atom is 0.245 e. The Bertz CT molecular complexity index is 1430. The molecule has 2 heterocycles. The van der Waals surface area contributed by atoms with Gasteiger partial charge in [-0.05, 0) is 49.2 Å². The maximum atomic E-state index is 14.1. The number of piperidine rings is 1. The predicted octanol–water partition coefficient (Wildman–Crippen LogP) is 5.14. The lowest BCUT2D eigenvalue weighted by atomic mass is 9.97. The summed E-state index contributed by atoms with van der Waals surface area (Å²) in [5, 5.41) is 3.84. The number of nitrogens with zero attached hydrogens (tertiary/aromatic N) is 2. The standard InChI is InChI=1S/C25H22FN3O3S2/c26-19-8-2-6-12-23(19)34(31,32)29-15-13-17(14-16-29)24(30)27-20-9-3-1-7-18(20)25-28-21-10-4-5-11-22(21)33-25/h1-12,17H,13-16H2,(H,27,30). The van der Waals surface area contributed by atoms with Gasteiger partial charge in [0.1, 0.15) is 15.7 Å². The lowest BCUT2D eigenvalue weighted by molar-refractivity contribution is -0.120. The van der Waals surface area contributed by atoms with Crippen LogP contribution in [0.25, 0.3) is 20.8 Å². The molecule has 6 nitrogen and oxygen atoms in total. The molecule has 0 saturated carbocycles. The normalized spacial score (nSPS) is 15.4. The van der Waals surface area contributed by atoms with E-state index in [1.54, 1.807) is 11.3 Å². The van der Waals surface area contributed by atoms with Gasteiger partial charge in [-0.15, -0.1) is 11.3 Å². The van der Waals surface area contributed by atoms with Crippen LogP contribution in [0.5, 0.6) is 0 Å². The molecule has 1 aliphatic heterocycles. The number of sulfonamides is 1. The van der Waals surface area contributed by atoms with Gasteiger partial charge in [0, 0.05) is 24.6 Å². The molecular weight excluding hydrogens is 473 g/mol. The third kappa shape index (κ3) is 4.34. The molecule has 0 spiro atoms. The smallest absolute Gasteiger partial charge is 0.245 e. The minimum Gasteiger partial charge on any atom is -0.325 e. The molecule has 0 bridgehead atoms. The van der Waals surface area contributed by atoms with E-state index in [2.05, 4.69) is 5.32 Å². The number of nitrogens with one attached hydrogen (secondary N) is 1. The molecule has 0 radical (unpaired) electrons. The van der Waals surface area contributed by atoms with Gasteiger partial charge in [0.05, 0.1) is 15.9 Å². The highest BCUT2D eigenvalue weighted by atomic mass is 32.2. The molecule has 1 fully saturated rings. The number of halogens is 1. The number of amides is 1. The zero-order chi connectivity index (χ0) is 23.7. The molecule has 1 aliphatic rings. The molecule has 0 unspecified atom stereocenters. The van der Waals surface area contributed by atoms with E-state index in [9.17, 15) is 17.6 Å². The Hall–Kier alpha value is -3.14. The first-order valence-corrected chi connectivity index (χ1v) is 13.2. The van der Waals surface area contributed by atoms with E-state index >= 15 is 0 Å². The maximum absolute atomic E-state index is 14.1. The van der Waals surface area contributed by atoms with Crippen molar-refractivity contribution in [2.45, 2.75) is 17.7 Å². The number of rotatable bonds is 5. The lowest BCUT2D eigenvalue weighted by Gasteiger charge is -2.30. The Morgan fingerprint density at radius 1 is 0.971 bits per heavy atom. The first-order chi connectivity index (χ1) is 16.4. The Morgan fingerprint density at radius 3 is 2.41 bits per heavy atom. The highest BCUT2D eigenvalue weighted by Gasteiger charge is 2.33. The highest BCUT2D eigenvalue weighted by molar-refractivity contribution is 7.89. The Balaban J connectivity index is 1.29. The molecule has 4 aromatic rings. The number of aromatic nitrogens is 1. The second kappa shape index (κ2) is 9.25. The molecule has 1 N–H and O–H groups in total. The van der Waals surface area contributed by atoms with E-state index in [4.69, 9.17) is 4.98 Å². The average Bonchev–Trinajstić information content (AvgIpc) is 3.29. The van der Waals surface area contributed by atoms with E-state index in [0.29, 0.717) is 18.5 Å². The SMILES string of the molecule is O=C(Nc1ccccc1-c1nc2ccccc2s1)C1CCN(S(=O)(=O)c2ccccc2F)CC1. The third-order valence-electron chi connectivity index (χ3n) is 5.99. The number of thiazole rings is 1. The number of benzene rings is 3. The minimum absolute atomic E-state index is 0.156. The summed E-state index contributed by atoms with van der Waals surface area (Å²) < 4.78 is 42.0. The minimum atomic E-state index is -3.94. The van der Waals surface area contributed by atoms with Crippen LogP contribution in [0.1, 0.15) is 12.8 Å². The van der Waals surface area contributed by atoms with E-state index in [1.807, 2.05) is 48.5 Å². The molecule has 0 aliphatic carbocycles. The van der Waals surface area contributed by atoms with Crippen LogP contribution in [0.2, 0.25) is 0 Å². The number of para-hydroxylation sites is 2. The van der Waals surface area contributed by atoms with Gasteiger partial charge in [-0.2, -0.15) is 4.31 Å². The fraction of sp³-hybridized carbons (Fsp3) is 0.200. The molecule has 0 atom stereocenters. The number of hydrogen-bond acceptors (Lipinski definition) is 5. The van der Waals surface area contributed by atoms with E-state index in [-0.39, 0.29) is 29.8 Å². The molecule has 9 heteroatoms. The molecule has 34 heavy (non-hydrogen) atoms. The van der Waals surface area contributed by atoms with Gasteiger partial charge >= 0.3 is 0 Å². The van der Waals surface area contributed by atoms with Gasteiger partial charge in [0.2, 0.25) is 15.9 Å². The van der Waals surface area contributed by atoms with Crippen LogP contribution in [0.15, 0.2) is 77.7 Å². The Labute approximate surface area is 201 Å². The number of hydrogen-bond donors (Lipinski definition) is 1. The number of fused-ring (bicyclic) bond motifs is 1. The van der Waals surface area contributed by atoms with Crippen molar-refractivity contribution in [1.82, 2.24) is 9.29 Å². The van der Waals surface area contributed by atoms with Crippen molar-refractivity contribution in [3.8, 4) is 10.6 Å². The summed E-state index contributed by atoms with van der Waals surface area (Å²) in [7, 11) is -3.94. The third-order valence-corrected chi connectivity index (χ3v) is 8.99. The van der Waals surface area contributed by atoms with Crippen molar-refractivity contribution < 1.29 is 17.6 Å². The summed E-state index contributed by atoms with van der Waals surface area (Å²) in [6.07, 6.45) is 0.728. The van der Waals surface area contributed by atoms with Gasteiger partial charge in [-0.1, -0.05) is 36.4 Å². The first-order valence-electron chi connectivity index (χ1n) is 10.9. The van der Waals surface area contributed by atoms with Crippen molar-refractivity contribution in [3.05, 3.63) is 78.6 Å². The zero-order valence-electron chi connectivity index (χ0n) is 18.1. The molecule has 174 valence electrons. The van der Waals surface area contributed by atoms with Crippen LogP contribution >= 0.6 is 11.3 Å². The van der Waals surface area contributed by atoms with Crippen LogP contribution < -0.4 is 5.32 Å². The van der Waals surface area contributed by atoms with E-state index < -0.39 is 15.8 Å². The van der Waals surface area contributed by atoms with Crippen molar-refractivity contribution in [2.24, 2.45) is 5.92 Å². The molecule has 3 aromatic carbocycles. The van der Waals surface area contributed by atoms with Crippen molar-refractivity contribution in [2.75, 3.05) is 18.4 Å². The van der Waals surface area contributed by atoms with Crippen LogP contribution in [-0.2, 0) is 14.8 Å². The van der Waals surface area contributed by atoms with Crippen LogP contribution in [0, 0.1) is 11.7 Å². The fourth-order valence-electron chi connectivity index (χ4n) is 4.15. The van der Waals surface area contributed by atoms with Crippen LogP contribution in [0.4, 0.5) is 10.1 Å². The summed E-state index contributed by atoms with van der Waals surface area (Å²) in [5.41, 5.74) is 2.43. The molecule has 5 rings (SSSR count). The quantitative estimate of drug-likeness (QED) is 0.416. The molecule has 1 saturated heterocycles. The Morgan fingerprint density at radius 2 is 1.65 bits per heavy atom. The van der Waals surface area contributed by atoms with Crippen molar-refractivity contribution in [3.63, 3.8) is 0 Å². The van der Waals surface area contributed by atoms with Crippen molar-refractivity contribution in [1.29, 1.82) is 0 Å². The molecular formula is C25H22FN3O3S2. The first kappa shape index (κ1) is 22.6. The second-order valence-electron chi connectivity index (χ2n) is 8.13. The van der Waals surface area contributed by atoms with Crippen molar-refractivity contribution >= 4 is 43.2 Å². The number of carbonyl (C=O) groups is 1. The Kier molecular flexibility index (Phi) is 6.16. The van der Waals surface area contributed by atoms with Gasteiger partial charge in [-0.25, -0.2) is 17.8 Å². The van der Waals surface area contributed by atoms with Gasteiger partial charge in [0.15, 0.2) is 0 Å². The average molecular weight is 496 g/mol. The zero-order valence-corrected chi connectivity index (χ0v) is 19.8. The van der Waals surface area contributed by atoms with Gasteiger partial charge < -0.3 is 5.32 Å². The summed E-state index contributed by atoms with van der Waals surface area (Å²) in [6, 6.07) is 20.8. The molecule has 1 aromatic heterocycles. The monoisotopic (exact) mass is 495 g/mol. The van der Waals surface area contributed by atoms with Crippen LogP contribution in [0.3, 0.4) is 0 Å². The summed E-state index contributed by atoms with van der Waals surface area (Å²) in [5.74, 6) is -1.26.